The summed E-state index contributed by atoms with van der Waals surface area (Å²) < 4.78 is 5.11. The molecule has 0 saturated carbocycles. The number of ether oxygens (including phenoxy) is 1. The molecule has 0 radical (unpaired) electrons. The number of methoxy groups -OCH3 is 1. The van der Waals surface area contributed by atoms with Crippen molar-refractivity contribution >= 4 is 6.03 Å². The third-order valence-electron chi connectivity index (χ3n) is 4.79. The van der Waals surface area contributed by atoms with E-state index in [0.29, 0.717) is 13.1 Å². The molecule has 1 heterocycles. The topological polar surface area (TPSA) is 73.8 Å². The van der Waals surface area contributed by atoms with Gasteiger partial charge in [0.2, 0.25) is 0 Å². The van der Waals surface area contributed by atoms with Gasteiger partial charge in [-0.3, -0.25) is 4.90 Å². The van der Waals surface area contributed by atoms with Gasteiger partial charge in [0, 0.05) is 32.7 Å². The SMILES string of the molecule is COc1ccc(CNC(=O)NCC(O)CN2CCc3ccccc3C2)cc1. The minimum atomic E-state index is -0.595. The first-order chi connectivity index (χ1) is 13.1. The number of nitrogens with one attached hydrogen (secondary N) is 2. The molecular formula is C21H27N3O3. The lowest BCUT2D eigenvalue weighted by atomic mass is 10.00. The normalized spacial score (nSPS) is 14.9. The summed E-state index contributed by atoms with van der Waals surface area (Å²) in [7, 11) is 1.62. The molecule has 6 heteroatoms. The number of hydrogen-bond acceptors (Lipinski definition) is 4. The molecule has 0 aromatic heterocycles. The highest BCUT2D eigenvalue weighted by atomic mass is 16.5. The minimum absolute atomic E-state index is 0.229. The predicted octanol–water partition coefficient (Wildman–Crippen LogP) is 1.91. The van der Waals surface area contributed by atoms with Gasteiger partial charge in [-0.1, -0.05) is 36.4 Å². The lowest BCUT2D eigenvalue weighted by Gasteiger charge is -2.30. The van der Waals surface area contributed by atoms with Crippen molar-refractivity contribution in [2.45, 2.75) is 25.6 Å². The first-order valence-electron chi connectivity index (χ1n) is 9.26. The van der Waals surface area contributed by atoms with Gasteiger partial charge >= 0.3 is 6.03 Å². The summed E-state index contributed by atoms with van der Waals surface area (Å²) in [5.41, 5.74) is 3.69. The molecule has 1 unspecified atom stereocenters. The lowest BCUT2D eigenvalue weighted by Crippen LogP contribution is -2.44. The molecule has 1 aliphatic rings. The molecule has 6 nitrogen and oxygen atoms in total. The van der Waals surface area contributed by atoms with E-state index in [0.717, 1.165) is 30.8 Å². The second-order valence-corrected chi connectivity index (χ2v) is 6.82. The van der Waals surface area contributed by atoms with Crippen LogP contribution >= 0.6 is 0 Å². The van der Waals surface area contributed by atoms with Crippen LogP contribution in [-0.2, 0) is 19.5 Å². The van der Waals surface area contributed by atoms with Crippen LogP contribution in [0.4, 0.5) is 4.79 Å². The van der Waals surface area contributed by atoms with Crippen LogP contribution in [0.1, 0.15) is 16.7 Å². The Kier molecular flexibility index (Phi) is 6.68. The van der Waals surface area contributed by atoms with E-state index in [1.54, 1.807) is 7.11 Å². The van der Waals surface area contributed by atoms with Crippen LogP contribution in [0, 0.1) is 0 Å². The monoisotopic (exact) mass is 369 g/mol. The molecule has 0 spiro atoms. The van der Waals surface area contributed by atoms with Crippen LogP contribution in [0.5, 0.6) is 5.75 Å². The van der Waals surface area contributed by atoms with Crippen molar-refractivity contribution in [2.24, 2.45) is 0 Å². The van der Waals surface area contributed by atoms with Gasteiger partial charge in [-0.25, -0.2) is 4.79 Å². The van der Waals surface area contributed by atoms with Crippen LogP contribution in [0.2, 0.25) is 0 Å². The lowest BCUT2D eigenvalue weighted by molar-refractivity contribution is 0.105. The number of carbonyl (C=O) groups excluding carboxylic acids is 1. The average Bonchev–Trinajstić information content (AvgIpc) is 2.71. The molecule has 3 rings (SSSR count). The number of nitrogens with zero attached hydrogens (tertiary/aromatic N) is 1. The van der Waals surface area contributed by atoms with Crippen LogP contribution in [0.15, 0.2) is 48.5 Å². The van der Waals surface area contributed by atoms with E-state index in [4.69, 9.17) is 4.74 Å². The number of aliphatic hydroxyl groups is 1. The van der Waals surface area contributed by atoms with Gasteiger partial charge < -0.3 is 20.5 Å². The van der Waals surface area contributed by atoms with Crippen molar-refractivity contribution in [3.8, 4) is 5.75 Å². The number of hydrogen-bond donors (Lipinski definition) is 3. The first kappa shape index (κ1) is 19.2. The molecular weight excluding hydrogens is 342 g/mol. The summed E-state index contributed by atoms with van der Waals surface area (Å²) in [5.74, 6) is 0.784. The Morgan fingerprint density at radius 2 is 1.89 bits per heavy atom. The van der Waals surface area contributed by atoms with Crippen molar-refractivity contribution in [3.63, 3.8) is 0 Å². The second-order valence-electron chi connectivity index (χ2n) is 6.82. The van der Waals surface area contributed by atoms with Crippen LogP contribution in [-0.4, -0.2) is 48.9 Å². The van der Waals surface area contributed by atoms with Crippen molar-refractivity contribution in [2.75, 3.05) is 26.7 Å². The maximum Gasteiger partial charge on any atom is 0.315 e. The summed E-state index contributed by atoms with van der Waals surface area (Å²) in [4.78, 5) is 14.2. The van der Waals surface area contributed by atoms with Gasteiger partial charge in [-0.05, 0) is 35.2 Å². The molecule has 2 aromatic carbocycles. The van der Waals surface area contributed by atoms with E-state index < -0.39 is 6.10 Å². The number of rotatable bonds is 7. The highest BCUT2D eigenvalue weighted by Crippen LogP contribution is 2.18. The standard InChI is InChI=1S/C21H27N3O3/c1-27-20-8-6-16(7-9-20)12-22-21(26)23-13-19(25)15-24-11-10-17-4-2-3-5-18(17)14-24/h2-9,19,25H,10-15H2,1H3,(H2,22,23,26). The largest absolute Gasteiger partial charge is 0.497 e. The van der Waals surface area contributed by atoms with Gasteiger partial charge in [-0.2, -0.15) is 0 Å². The quantitative estimate of drug-likeness (QED) is 0.697. The van der Waals surface area contributed by atoms with Crippen LogP contribution in [0.3, 0.4) is 0 Å². The minimum Gasteiger partial charge on any atom is -0.497 e. The molecule has 1 atom stereocenters. The van der Waals surface area contributed by atoms with E-state index in [1.807, 2.05) is 30.3 Å². The number of β-amino-alcohol motifs (C(OH)–C–C–N with tert-alkyl or cyclic N) is 1. The summed E-state index contributed by atoms with van der Waals surface area (Å²) in [6.07, 6.45) is 0.403. The van der Waals surface area contributed by atoms with Crippen molar-refractivity contribution in [3.05, 3.63) is 65.2 Å². The first-order valence-corrected chi connectivity index (χ1v) is 9.26. The van der Waals surface area contributed by atoms with Gasteiger partial charge in [-0.15, -0.1) is 0 Å². The predicted molar refractivity (Wildman–Crippen MR) is 105 cm³/mol. The van der Waals surface area contributed by atoms with E-state index >= 15 is 0 Å². The van der Waals surface area contributed by atoms with Gasteiger partial charge in [0.15, 0.2) is 0 Å². The second kappa shape index (κ2) is 9.39. The number of aliphatic hydroxyl groups excluding tert-OH is 1. The molecule has 144 valence electrons. The molecule has 1 aliphatic heterocycles. The zero-order valence-corrected chi connectivity index (χ0v) is 15.6. The molecule has 2 amide bonds. The average molecular weight is 369 g/mol. The fourth-order valence-corrected chi connectivity index (χ4v) is 3.27. The Hall–Kier alpha value is -2.57. The Balaban J connectivity index is 1.36. The van der Waals surface area contributed by atoms with Crippen molar-refractivity contribution in [1.82, 2.24) is 15.5 Å². The molecule has 0 bridgehead atoms. The summed E-state index contributed by atoms with van der Waals surface area (Å²) >= 11 is 0. The van der Waals surface area contributed by atoms with Crippen molar-refractivity contribution < 1.29 is 14.6 Å². The highest BCUT2D eigenvalue weighted by Gasteiger charge is 2.18. The van der Waals surface area contributed by atoms with E-state index in [2.05, 4.69) is 33.7 Å². The number of amides is 2. The zero-order chi connectivity index (χ0) is 19.1. The highest BCUT2D eigenvalue weighted by molar-refractivity contribution is 5.73. The van der Waals surface area contributed by atoms with Crippen molar-refractivity contribution in [1.29, 1.82) is 0 Å². The van der Waals surface area contributed by atoms with E-state index in [-0.39, 0.29) is 12.6 Å². The van der Waals surface area contributed by atoms with E-state index in [1.165, 1.54) is 11.1 Å². The van der Waals surface area contributed by atoms with Gasteiger partial charge in [0.05, 0.1) is 13.2 Å². The third kappa shape index (κ3) is 5.70. The van der Waals surface area contributed by atoms with Crippen LogP contribution < -0.4 is 15.4 Å². The Labute approximate surface area is 160 Å². The molecule has 27 heavy (non-hydrogen) atoms. The smallest absolute Gasteiger partial charge is 0.315 e. The fraction of sp³-hybridized carbons (Fsp3) is 0.381. The molecule has 3 N–H and O–H groups in total. The van der Waals surface area contributed by atoms with Gasteiger partial charge in [0.1, 0.15) is 5.75 Å². The van der Waals surface area contributed by atoms with Gasteiger partial charge in [0.25, 0.3) is 0 Å². The zero-order valence-electron chi connectivity index (χ0n) is 15.6. The Morgan fingerprint density at radius 1 is 1.15 bits per heavy atom. The summed E-state index contributed by atoms with van der Waals surface area (Å²) in [5, 5.41) is 15.8. The fourth-order valence-electron chi connectivity index (χ4n) is 3.27. The Morgan fingerprint density at radius 3 is 2.63 bits per heavy atom. The summed E-state index contributed by atoms with van der Waals surface area (Å²) in [6.45, 7) is 2.98. The number of carbonyl (C=O) groups is 1. The van der Waals surface area contributed by atoms with Crippen LogP contribution in [0.25, 0.3) is 0 Å². The number of benzene rings is 2. The molecule has 0 saturated heterocycles. The number of fused-ring (bicyclic) bond motifs is 1. The molecule has 0 aliphatic carbocycles. The number of urea groups is 1. The molecule has 0 fully saturated rings. The summed E-state index contributed by atoms with van der Waals surface area (Å²) in [6, 6.07) is 15.7. The maximum absolute atomic E-state index is 11.9. The third-order valence-corrected chi connectivity index (χ3v) is 4.79. The Bertz CT molecular complexity index is 749. The van der Waals surface area contributed by atoms with E-state index in [9.17, 15) is 9.90 Å². The maximum atomic E-state index is 11.9. The molecule has 2 aromatic rings.